The Morgan fingerprint density at radius 2 is 1.54 bits per heavy atom. The maximum absolute atomic E-state index is 13.1. The third-order valence-electron chi connectivity index (χ3n) is 4.78. The van der Waals surface area contributed by atoms with Gasteiger partial charge in [0.2, 0.25) is 0 Å². The van der Waals surface area contributed by atoms with E-state index in [2.05, 4.69) is 5.32 Å². The summed E-state index contributed by atoms with van der Waals surface area (Å²) in [6.07, 6.45) is 1.13. The highest BCUT2D eigenvalue weighted by molar-refractivity contribution is 7.87. The Morgan fingerprint density at radius 3 is 2.23 bits per heavy atom. The van der Waals surface area contributed by atoms with Crippen molar-refractivity contribution in [2.75, 3.05) is 4.90 Å². The summed E-state index contributed by atoms with van der Waals surface area (Å²) in [7, 11) is -4.26. The van der Waals surface area contributed by atoms with Crippen LogP contribution in [0.1, 0.15) is 5.56 Å². The molecule has 8 nitrogen and oxygen atoms in total. The van der Waals surface area contributed by atoms with Crippen molar-refractivity contribution in [3.8, 4) is 5.75 Å². The van der Waals surface area contributed by atoms with Crippen LogP contribution in [0.2, 0.25) is 15.1 Å². The Bertz CT molecular complexity index is 1500. The summed E-state index contributed by atoms with van der Waals surface area (Å²) >= 11 is 17.7. The average molecular weight is 552 g/mol. The van der Waals surface area contributed by atoms with Crippen molar-refractivity contribution in [2.24, 2.45) is 0 Å². The monoisotopic (exact) mass is 550 g/mol. The van der Waals surface area contributed by atoms with Gasteiger partial charge in [0.05, 0.1) is 15.7 Å². The Hall–Kier alpha value is -3.37. The lowest BCUT2D eigenvalue weighted by molar-refractivity contribution is -0.122. The molecular weight excluding hydrogens is 539 g/mol. The van der Waals surface area contributed by atoms with Gasteiger partial charge in [-0.1, -0.05) is 53.0 Å². The number of carbonyl (C=O) groups is 3. The SMILES string of the molecule is O=C1NC(=O)N(c2ccc(Cl)c(Cl)c2)C(=O)/C1=C/c1ccccc1OS(=O)(=O)c1ccc(Cl)cc1. The molecule has 4 rings (SSSR count). The summed E-state index contributed by atoms with van der Waals surface area (Å²) < 4.78 is 30.7. The van der Waals surface area contributed by atoms with Crippen LogP contribution in [0.25, 0.3) is 6.08 Å². The van der Waals surface area contributed by atoms with Crippen molar-refractivity contribution in [1.82, 2.24) is 5.32 Å². The minimum atomic E-state index is -4.26. The van der Waals surface area contributed by atoms with E-state index in [1.54, 1.807) is 6.07 Å². The normalized spacial score (nSPS) is 15.3. The fraction of sp³-hybridized carbons (Fsp3) is 0. The molecule has 1 aliphatic heterocycles. The maximum Gasteiger partial charge on any atom is 0.339 e. The van der Waals surface area contributed by atoms with Gasteiger partial charge in [0.25, 0.3) is 11.8 Å². The van der Waals surface area contributed by atoms with E-state index >= 15 is 0 Å². The number of hydrogen-bond acceptors (Lipinski definition) is 6. The highest BCUT2D eigenvalue weighted by Crippen LogP contribution is 2.31. The highest BCUT2D eigenvalue weighted by Gasteiger charge is 2.37. The minimum absolute atomic E-state index is 0.0788. The smallest absolute Gasteiger partial charge is 0.339 e. The van der Waals surface area contributed by atoms with Gasteiger partial charge in [-0.25, -0.2) is 9.69 Å². The topological polar surface area (TPSA) is 110 Å². The zero-order valence-electron chi connectivity index (χ0n) is 17.4. The molecule has 12 heteroatoms. The van der Waals surface area contributed by atoms with E-state index in [0.717, 1.165) is 6.08 Å². The predicted molar refractivity (Wildman–Crippen MR) is 131 cm³/mol. The molecule has 0 saturated carbocycles. The Kier molecular flexibility index (Phi) is 6.86. The molecule has 0 aromatic heterocycles. The third kappa shape index (κ3) is 5.18. The molecular formula is C23H13Cl3N2O6S. The standard InChI is InChI=1S/C23H13Cl3N2O6S/c24-14-5-8-16(9-6-14)35(32,33)34-20-4-2-1-3-13(20)11-17-21(29)27-23(31)28(22(17)30)15-7-10-18(25)19(26)12-15/h1-12H,(H,27,29,31)/b17-11+. The molecule has 0 spiro atoms. The number of halogens is 3. The molecule has 0 radical (unpaired) electrons. The Labute approximate surface area is 214 Å². The number of imide groups is 2. The first-order valence-corrected chi connectivity index (χ1v) is 12.3. The van der Waals surface area contributed by atoms with Crippen LogP contribution in [0.5, 0.6) is 5.75 Å². The van der Waals surface area contributed by atoms with E-state index in [1.165, 1.54) is 60.7 Å². The van der Waals surface area contributed by atoms with E-state index in [1.807, 2.05) is 0 Å². The summed E-state index contributed by atoms with van der Waals surface area (Å²) in [5.41, 5.74) is -0.252. The van der Waals surface area contributed by atoms with Gasteiger partial charge in [0.1, 0.15) is 16.2 Å². The number of benzene rings is 3. The van der Waals surface area contributed by atoms with E-state index in [4.69, 9.17) is 39.0 Å². The molecule has 1 heterocycles. The van der Waals surface area contributed by atoms with Crippen molar-refractivity contribution in [2.45, 2.75) is 4.90 Å². The van der Waals surface area contributed by atoms with Crippen LogP contribution in [0, 0.1) is 0 Å². The van der Waals surface area contributed by atoms with Gasteiger partial charge in [-0.2, -0.15) is 8.42 Å². The van der Waals surface area contributed by atoms with Crippen LogP contribution in [-0.4, -0.2) is 26.3 Å². The second-order valence-electron chi connectivity index (χ2n) is 7.09. The van der Waals surface area contributed by atoms with Crippen LogP contribution in [-0.2, 0) is 19.7 Å². The molecule has 1 aliphatic rings. The number of anilines is 1. The molecule has 1 N–H and O–H groups in total. The second-order valence-corrected chi connectivity index (χ2v) is 9.88. The predicted octanol–water partition coefficient (Wildman–Crippen LogP) is 5.08. The third-order valence-corrected chi connectivity index (χ3v) is 7.02. The molecule has 1 saturated heterocycles. The molecule has 35 heavy (non-hydrogen) atoms. The fourth-order valence-electron chi connectivity index (χ4n) is 3.11. The van der Waals surface area contributed by atoms with Crippen molar-refractivity contribution in [1.29, 1.82) is 0 Å². The molecule has 0 unspecified atom stereocenters. The number of hydrogen-bond donors (Lipinski definition) is 1. The number of nitrogens with zero attached hydrogens (tertiary/aromatic N) is 1. The van der Waals surface area contributed by atoms with Crippen molar-refractivity contribution in [3.05, 3.63) is 92.9 Å². The summed E-state index contributed by atoms with van der Waals surface area (Å²) in [5.74, 6) is -2.06. The van der Waals surface area contributed by atoms with Crippen molar-refractivity contribution >= 4 is 74.5 Å². The lowest BCUT2D eigenvalue weighted by Gasteiger charge is -2.26. The molecule has 0 aliphatic carbocycles. The summed E-state index contributed by atoms with van der Waals surface area (Å²) in [4.78, 5) is 38.6. The molecule has 3 aromatic carbocycles. The number of rotatable bonds is 5. The van der Waals surface area contributed by atoms with E-state index < -0.39 is 33.5 Å². The molecule has 0 atom stereocenters. The number of barbiturate groups is 1. The van der Waals surface area contributed by atoms with Crippen molar-refractivity contribution in [3.63, 3.8) is 0 Å². The van der Waals surface area contributed by atoms with Gasteiger partial charge < -0.3 is 4.18 Å². The number of para-hydroxylation sites is 1. The average Bonchev–Trinajstić information content (AvgIpc) is 2.80. The largest absolute Gasteiger partial charge is 0.378 e. The van der Waals surface area contributed by atoms with E-state index in [-0.39, 0.29) is 31.9 Å². The van der Waals surface area contributed by atoms with Crippen LogP contribution >= 0.6 is 34.8 Å². The zero-order valence-corrected chi connectivity index (χ0v) is 20.5. The van der Waals surface area contributed by atoms with Crippen LogP contribution in [0.4, 0.5) is 10.5 Å². The van der Waals surface area contributed by atoms with Gasteiger partial charge in [0, 0.05) is 10.6 Å². The number of amides is 4. The first-order chi connectivity index (χ1) is 16.6. The first kappa shape index (κ1) is 24.7. The summed E-state index contributed by atoms with van der Waals surface area (Å²) in [5, 5.41) is 2.72. The summed E-state index contributed by atoms with van der Waals surface area (Å²) in [6, 6.07) is 14.3. The zero-order chi connectivity index (χ0) is 25.3. The van der Waals surface area contributed by atoms with Gasteiger partial charge in [-0.05, 0) is 54.6 Å². The number of urea groups is 1. The second kappa shape index (κ2) is 9.71. The van der Waals surface area contributed by atoms with Gasteiger partial charge in [-0.3, -0.25) is 14.9 Å². The van der Waals surface area contributed by atoms with Gasteiger partial charge >= 0.3 is 16.1 Å². The van der Waals surface area contributed by atoms with Gasteiger partial charge in [0.15, 0.2) is 0 Å². The lowest BCUT2D eigenvalue weighted by Crippen LogP contribution is -2.54. The maximum atomic E-state index is 13.1. The first-order valence-electron chi connectivity index (χ1n) is 9.72. The Morgan fingerprint density at radius 1 is 0.857 bits per heavy atom. The molecule has 178 valence electrons. The quantitative estimate of drug-likeness (QED) is 0.269. The van der Waals surface area contributed by atoms with Crippen molar-refractivity contribution < 1.29 is 27.0 Å². The van der Waals surface area contributed by atoms with E-state index in [9.17, 15) is 22.8 Å². The summed E-state index contributed by atoms with van der Waals surface area (Å²) in [6.45, 7) is 0. The van der Waals surface area contributed by atoms with Gasteiger partial charge in [-0.15, -0.1) is 0 Å². The minimum Gasteiger partial charge on any atom is -0.378 e. The van der Waals surface area contributed by atoms with Crippen LogP contribution in [0.15, 0.2) is 77.2 Å². The molecule has 4 amide bonds. The number of nitrogens with one attached hydrogen (secondary N) is 1. The molecule has 3 aromatic rings. The fourth-order valence-corrected chi connectivity index (χ4v) is 4.49. The highest BCUT2D eigenvalue weighted by atomic mass is 35.5. The van der Waals surface area contributed by atoms with Crippen LogP contribution in [0.3, 0.4) is 0 Å². The molecule has 0 bridgehead atoms. The van der Waals surface area contributed by atoms with E-state index in [0.29, 0.717) is 9.92 Å². The molecule has 1 fully saturated rings. The number of carbonyl (C=O) groups excluding carboxylic acids is 3. The Balaban J connectivity index is 1.71. The van der Waals surface area contributed by atoms with Crippen LogP contribution < -0.4 is 14.4 Å². The lowest BCUT2D eigenvalue weighted by atomic mass is 10.1.